The molecule has 32 heavy (non-hydrogen) atoms. The number of allylic oxidation sites excluding steroid dienone is 2. The molecule has 1 aliphatic heterocycles. The molecule has 9 nitrogen and oxygen atoms in total. The van der Waals surface area contributed by atoms with Crippen LogP contribution >= 0.6 is 0 Å². The zero-order chi connectivity index (χ0) is 22.7. The predicted octanol–water partition coefficient (Wildman–Crippen LogP) is 2.44. The summed E-state index contributed by atoms with van der Waals surface area (Å²) in [5.74, 6) is 0.692. The quantitative estimate of drug-likeness (QED) is 0.460. The van der Waals surface area contributed by atoms with Crippen molar-refractivity contribution in [3.05, 3.63) is 42.3 Å². The van der Waals surface area contributed by atoms with Gasteiger partial charge in [0.15, 0.2) is 0 Å². The van der Waals surface area contributed by atoms with Crippen molar-refractivity contribution in [1.29, 1.82) is 0 Å². The fourth-order valence-corrected chi connectivity index (χ4v) is 4.14. The van der Waals surface area contributed by atoms with E-state index in [4.69, 9.17) is 9.26 Å². The highest BCUT2D eigenvalue weighted by Crippen LogP contribution is 2.35. The number of imide groups is 1. The van der Waals surface area contributed by atoms with Gasteiger partial charge in [-0.3, -0.25) is 19.3 Å². The summed E-state index contributed by atoms with van der Waals surface area (Å²) in [6.45, 7) is 0.450. The van der Waals surface area contributed by atoms with E-state index in [2.05, 4.69) is 10.1 Å². The maximum atomic E-state index is 12.5. The van der Waals surface area contributed by atoms with E-state index in [1.165, 1.54) is 9.80 Å². The lowest BCUT2D eigenvalue weighted by Crippen LogP contribution is -2.33. The molecular weight excluding hydrogens is 412 g/mol. The second-order valence-corrected chi connectivity index (χ2v) is 8.08. The summed E-state index contributed by atoms with van der Waals surface area (Å²) in [6.07, 6.45) is 5.82. The lowest BCUT2D eigenvalue weighted by Gasteiger charge is -2.17. The summed E-state index contributed by atoms with van der Waals surface area (Å²) in [4.78, 5) is 44.7. The molecular formula is C23H26N4O5. The molecule has 1 saturated heterocycles. The number of amides is 3. The van der Waals surface area contributed by atoms with Gasteiger partial charge in [-0.25, -0.2) is 0 Å². The van der Waals surface area contributed by atoms with Crippen LogP contribution in [0.5, 0.6) is 5.75 Å². The molecule has 0 saturated carbocycles. The Morgan fingerprint density at radius 2 is 1.81 bits per heavy atom. The van der Waals surface area contributed by atoms with Crippen LogP contribution in [0.4, 0.5) is 0 Å². The van der Waals surface area contributed by atoms with E-state index in [9.17, 15) is 14.4 Å². The van der Waals surface area contributed by atoms with Crippen molar-refractivity contribution in [1.82, 2.24) is 19.9 Å². The van der Waals surface area contributed by atoms with Crippen molar-refractivity contribution < 1.29 is 23.6 Å². The maximum absolute atomic E-state index is 12.5. The molecule has 1 aromatic carbocycles. The lowest BCUT2D eigenvalue weighted by atomic mass is 9.85. The van der Waals surface area contributed by atoms with Gasteiger partial charge in [-0.2, -0.15) is 4.98 Å². The highest BCUT2D eigenvalue weighted by Gasteiger charge is 2.46. The molecule has 9 heteroatoms. The summed E-state index contributed by atoms with van der Waals surface area (Å²) in [5, 5.41) is 3.97. The second-order valence-electron chi connectivity index (χ2n) is 8.08. The van der Waals surface area contributed by atoms with Gasteiger partial charge in [0.1, 0.15) is 5.75 Å². The van der Waals surface area contributed by atoms with E-state index in [0.717, 1.165) is 11.3 Å². The molecule has 168 valence electrons. The van der Waals surface area contributed by atoms with Crippen LogP contribution in [-0.4, -0.2) is 58.4 Å². The fourth-order valence-electron chi connectivity index (χ4n) is 4.14. The van der Waals surface area contributed by atoms with Crippen molar-refractivity contribution in [2.45, 2.75) is 32.2 Å². The first-order valence-electron chi connectivity index (χ1n) is 10.7. The first kappa shape index (κ1) is 21.7. The van der Waals surface area contributed by atoms with Crippen LogP contribution in [-0.2, 0) is 20.9 Å². The van der Waals surface area contributed by atoms with E-state index in [0.29, 0.717) is 31.0 Å². The fraction of sp³-hybridized carbons (Fsp3) is 0.435. The Morgan fingerprint density at radius 1 is 1.16 bits per heavy atom. The Balaban J connectivity index is 1.26. The highest BCUT2D eigenvalue weighted by molar-refractivity contribution is 6.05. The van der Waals surface area contributed by atoms with Crippen molar-refractivity contribution >= 4 is 17.7 Å². The molecule has 1 fully saturated rings. The van der Waals surface area contributed by atoms with Gasteiger partial charge in [-0.05, 0) is 43.5 Å². The van der Waals surface area contributed by atoms with Crippen LogP contribution in [0.15, 0.2) is 40.9 Å². The Kier molecular flexibility index (Phi) is 6.34. The average Bonchev–Trinajstić information content (AvgIpc) is 3.37. The maximum Gasteiger partial charge on any atom is 0.246 e. The summed E-state index contributed by atoms with van der Waals surface area (Å²) < 4.78 is 10.4. The zero-order valence-electron chi connectivity index (χ0n) is 18.2. The number of carbonyl (C=O) groups excluding carboxylic acids is 3. The average molecular weight is 438 g/mol. The second kappa shape index (κ2) is 9.33. The predicted molar refractivity (Wildman–Crippen MR) is 114 cm³/mol. The van der Waals surface area contributed by atoms with Gasteiger partial charge in [0.25, 0.3) is 0 Å². The van der Waals surface area contributed by atoms with E-state index < -0.39 is 0 Å². The number of rotatable bonds is 8. The number of methoxy groups -OCH3 is 1. The Morgan fingerprint density at radius 3 is 2.44 bits per heavy atom. The van der Waals surface area contributed by atoms with Crippen LogP contribution in [0, 0.1) is 11.8 Å². The molecule has 3 amide bonds. The van der Waals surface area contributed by atoms with E-state index in [1.54, 1.807) is 14.2 Å². The molecule has 2 atom stereocenters. The number of likely N-dealkylation sites (tertiary alicyclic amines) is 1. The van der Waals surface area contributed by atoms with Crippen molar-refractivity contribution in [3.8, 4) is 17.1 Å². The smallest absolute Gasteiger partial charge is 0.246 e. The van der Waals surface area contributed by atoms with Gasteiger partial charge in [0, 0.05) is 25.6 Å². The van der Waals surface area contributed by atoms with E-state index >= 15 is 0 Å². The normalized spacial score (nSPS) is 19.9. The molecule has 1 aromatic heterocycles. The topological polar surface area (TPSA) is 106 Å². The van der Waals surface area contributed by atoms with Gasteiger partial charge in [0.05, 0.1) is 25.5 Å². The minimum Gasteiger partial charge on any atom is -0.497 e. The number of benzene rings is 1. The Hall–Kier alpha value is -3.49. The summed E-state index contributed by atoms with van der Waals surface area (Å²) in [7, 11) is 3.25. The van der Waals surface area contributed by atoms with E-state index in [-0.39, 0.29) is 49.1 Å². The third kappa shape index (κ3) is 4.42. The molecule has 0 bridgehead atoms. The Bertz CT molecular complexity index is 1000. The van der Waals surface area contributed by atoms with Crippen LogP contribution in [0.1, 0.15) is 31.6 Å². The summed E-state index contributed by atoms with van der Waals surface area (Å²) >= 11 is 0. The number of nitrogens with zero attached hydrogens (tertiary/aromatic N) is 4. The highest BCUT2D eigenvalue weighted by atomic mass is 16.5. The summed E-state index contributed by atoms with van der Waals surface area (Å²) in [6, 6.07) is 7.27. The molecule has 2 aromatic rings. The molecule has 0 N–H and O–H groups in total. The van der Waals surface area contributed by atoms with Crippen LogP contribution < -0.4 is 4.74 Å². The van der Waals surface area contributed by atoms with Crippen LogP contribution in [0.2, 0.25) is 0 Å². The molecule has 2 heterocycles. The van der Waals surface area contributed by atoms with Crippen LogP contribution in [0.25, 0.3) is 11.4 Å². The van der Waals surface area contributed by atoms with Crippen molar-refractivity contribution in [2.24, 2.45) is 11.8 Å². The monoisotopic (exact) mass is 438 g/mol. The SMILES string of the molecule is COc1ccc(-c2noc(CN(C)C(=O)CCCN3C(=O)[C@H]4CC=CC[C@H]4C3=O)n2)cc1. The Labute approximate surface area is 186 Å². The summed E-state index contributed by atoms with van der Waals surface area (Å²) in [5.41, 5.74) is 0.783. The standard InChI is InChI=1S/C23H26N4O5/c1-26(14-19-24-21(25-32-19)15-9-11-16(31-2)12-10-15)20(28)8-5-13-27-22(29)17-6-3-4-7-18(17)23(27)30/h3-4,9-12,17-18H,5-8,13-14H2,1-2H3/t17-,18+. The third-order valence-corrected chi connectivity index (χ3v) is 5.99. The zero-order valence-corrected chi connectivity index (χ0v) is 18.2. The van der Waals surface area contributed by atoms with Crippen molar-refractivity contribution in [3.63, 3.8) is 0 Å². The number of fused-ring (bicyclic) bond motifs is 1. The van der Waals surface area contributed by atoms with Gasteiger partial charge in [-0.1, -0.05) is 17.3 Å². The number of hydrogen-bond donors (Lipinski definition) is 0. The third-order valence-electron chi connectivity index (χ3n) is 5.99. The van der Waals surface area contributed by atoms with Crippen LogP contribution in [0.3, 0.4) is 0 Å². The van der Waals surface area contributed by atoms with E-state index in [1.807, 2.05) is 36.4 Å². The minimum absolute atomic E-state index is 0.109. The van der Waals surface area contributed by atoms with Gasteiger partial charge < -0.3 is 14.2 Å². The van der Waals surface area contributed by atoms with Gasteiger partial charge in [0.2, 0.25) is 29.4 Å². The molecule has 0 radical (unpaired) electrons. The molecule has 0 spiro atoms. The molecule has 4 rings (SSSR count). The largest absolute Gasteiger partial charge is 0.497 e. The first-order chi connectivity index (χ1) is 15.5. The number of aromatic nitrogens is 2. The first-order valence-corrected chi connectivity index (χ1v) is 10.7. The number of ether oxygens (including phenoxy) is 1. The minimum atomic E-state index is -0.233. The van der Waals surface area contributed by atoms with Gasteiger partial charge in [-0.15, -0.1) is 0 Å². The number of hydrogen-bond acceptors (Lipinski definition) is 7. The molecule has 2 aliphatic rings. The lowest BCUT2D eigenvalue weighted by molar-refractivity contribution is -0.140. The molecule has 1 aliphatic carbocycles. The van der Waals surface area contributed by atoms with Crippen molar-refractivity contribution in [2.75, 3.05) is 20.7 Å². The molecule has 0 unspecified atom stereocenters. The van der Waals surface area contributed by atoms with Gasteiger partial charge >= 0.3 is 0 Å². The number of carbonyl (C=O) groups is 3.